The number of amides is 1. The van der Waals surface area contributed by atoms with E-state index in [0.717, 1.165) is 35.1 Å². The zero-order valence-electron chi connectivity index (χ0n) is 18.5. The molecule has 2 aromatic carbocycles. The lowest BCUT2D eigenvalue weighted by Crippen LogP contribution is -2.15. The summed E-state index contributed by atoms with van der Waals surface area (Å²) in [5.41, 5.74) is 0.709. The van der Waals surface area contributed by atoms with Crippen LogP contribution in [0, 0.1) is 0 Å². The van der Waals surface area contributed by atoms with E-state index >= 15 is 0 Å². The summed E-state index contributed by atoms with van der Waals surface area (Å²) in [4.78, 5) is 16.6. The summed E-state index contributed by atoms with van der Waals surface area (Å²) < 4.78 is 46.1. The molecule has 2 aromatic heterocycles. The van der Waals surface area contributed by atoms with Gasteiger partial charge in [-0.3, -0.25) is 14.3 Å². The second-order valence-corrected chi connectivity index (χ2v) is 8.17. The van der Waals surface area contributed by atoms with Gasteiger partial charge in [0.2, 0.25) is 5.91 Å². The van der Waals surface area contributed by atoms with Crippen LogP contribution in [-0.2, 0) is 11.0 Å². The van der Waals surface area contributed by atoms with Gasteiger partial charge in [0.05, 0.1) is 17.9 Å². The number of thioether (sulfide) groups is 1. The smallest absolute Gasteiger partial charge is 0.416 e. The van der Waals surface area contributed by atoms with Crippen molar-refractivity contribution in [2.45, 2.75) is 18.3 Å². The van der Waals surface area contributed by atoms with Crippen LogP contribution in [0.5, 0.6) is 5.75 Å². The minimum atomic E-state index is -4.49. The Kier molecular flexibility index (Phi) is 7.35. The maximum absolute atomic E-state index is 12.9. The number of nitrogens with one attached hydrogen (secondary N) is 1. The van der Waals surface area contributed by atoms with Crippen LogP contribution >= 0.6 is 11.8 Å². The molecule has 35 heavy (non-hydrogen) atoms. The Bertz CT molecular complexity index is 1290. The van der Waals surface area contributed by atoms with E-state index in [1.165, 1.54) is 12.1 Å². The number of halogens is 3. The molecule has 11 heteroatoms. The summed E-state index contributed by atoms with van der Waals surface area (Å²) >= 11 is 1.11. The molecule has 0 bridgehead atoms. The Morgan fingerprint density at radius 3 is 2.57 bits per heavy atom. The summed E-state index contributed by atoms with van der Waals surface area (Å²) in [6, 6.07) is 15.5. The van der Waals surface area contributed by atoms with Gasteiger partial charge in [0.25, 0.3) is 0 Å². The average Bonchev–Trinajstić information content (AvgIpc) is 3.28. The third-order valence-electron chi connectivity index (χ3n) is 4.77. The van der Waals surface area contributed by atoms with E-state index in [9.17, 15) is 18.0 Å². The van der Waals surface area contributed by atoms with E-state index in [1.54, 1.807) is 23.0 Å². The molecule has 7 nitrogen and oxygen atoms in total. The average molecular weight is 500 g/mol. The molecular formula is C24H20F3N5O2S. The fourth-order valence-corrected chi connectivity index (χ4v) is 3.99. The second kappa shape index (κ2) is 10.6. The molecule has 2 heterocycles. The molecule has 0 spiro atoms. The first-order valence-corrected chi connectivity index (χ1v) is 11.5. The molecule has 4 aromatic rings. The van der Waals surface area contributed by atoms with E-state index in [-0.39, 0.29) is 11.4 Å². The number of benzene rings is 2. The summed E-state index contributed by atoms with van der Waals surface area (Å²) in [6.45, 7) is 2.43. The summed E-state index contributed by atoms with van der Waals surface area (Å²) in [5, 5.41) is 11.5. The molecule has 0 fully saturated rings. The lowest BCUT2D eigenvalue weighted by atomic mass is 10.2. The van der Waals surface area contributed by atoms with Gasteiger partial charge >= 0.3 is 6.18 Å². The SMILES string of the molecule is CCOc1ccc(-n2c(SCC(=O)Nc3cccc(C(F)(F)F)c3)nnc2-c2cccnc2)cc1. The number of carbonyl (C=O) groups is 1. The van der Waals surface area contributed by atoms with Crippen molar-refractivity contribution < 1.29 is 22.7 Å². The number of alkyl halides is 3. The molecule has 0 unspecified atom stereocenters. The summed E-state index contributed by atoms with van der Waals surface area (Å²) in [5.74, 6) is 0.682. The highest BCUT2D eigenvalue weighted by Crippen LogP contribution is 2.31. The number of pyridine rings is 1. The van der Waals surface area contributed by atoms with Gasteiger partial charge in [0, 0.05) is 29.3 Å². The number of hydrogen-bond donors (Lipinski definition) is 1. The number of aromatic nitrogens is 4. The largest absolute Gasteiger partial charge is 0.494 e. The van der Waals surface area contributed by atoms with Crippen molar-refractivity contribution in [2.75, 3.05) is 17.7 Å². The van der Waals surface area contributed by atoms with Crippen LogP contribution < -0.4 is 10.1 Å². The summed E-state index contributed by atoms with van der Waals surface area (Å²) in [7, 11) is 0. The molecule has 0 aliphatic carbocycles. The molecular weight excluding hydrogens is 479 g/mol. The zero-order valence-corrected chi connectivity index (χ0v) is 19.3. The first-order chi connectivity index (χ1) is 16.8. The quantitative estimate of drug-likeness (QED) is 0.324. The maximum atomic E-state index is 12.9. The van der Waals surface area contributed by atoms with Crippen molar-refractivity contribution in [1.29, 1.82) is 0 Å². The van der Waals surface area contributed by atoms with Crippen LogP contribution in [0.4, 0.5) is 18.9 Å². The Morgan fingerprint density at radius 2 is 1.89 bits per heavy atom. The van der Waals surface area contributed by atoms with E-state index in [0.29, 0.717) is 23.3 Å². The van der Waals surface area contributed by atoms with E-state index in [1.807, 2.05) is 37.3 Å². The Balaban J connectivity index is 1.56. The van der Waals surface area contributed by atoms with Gasteiger partial charge in [-0.15, -0.1) is 10.2 Å². The first kappa shape index (κ1) is 24.3. The highest BCUT2D eigenvalue weighted by molar-refractivity contribution is 7.99. The fourth-order valence-electron chi connectivity index (χ4n) is 3.24. The van der Waals surface area contributed by atoms with Gasteiger partial charge in [-0.1, -0.05) is 17.8 Å². The van der Waals surface area contributed by atoms with Crippen LogP contribution in [0.3, 0.4) is 0 Å². The second-order valence-electron chi connectivity index (χ2n) is 7.23. The minimum absolute atomic E-state index is 0.0643. The van der Waals surface area contributed by atoms with Crippen LogP contribution in [-0.4, -0.2) is 38.0 Å². The minimum Gasteiger partial charge on any atom is -0.494 e. The van der Waals surface area contributed by atoms with Crippen molar-refractivity contribution in [3.8, 4) is 22.8 Å². The van der Waals surface area contributed by atoms with Crippen LogP contribution in [0.25, 0.3) is 17.1 Å². The van der Waals surface area contributed by atoms with Gasteiger partial charge in [-0.25, -0.2) is 0 Å². The predicted octanol–water partition coefficient (Wildman–Crippen LogP) is 5.48. The summed E-state index contributed by atoms with van der Waals surface area (Å²) in [6.07, 6.45) is -1.19. The third-order valence-corrected chi connectivity index (χ3v) is 5.69. The highest BCUT2D eigenvalue weighted by atomic mass is 32.2. The Morgan fingerprint density at radius 1 is 1.09 bits per heavy atom. The van der Waals surface area contributed by atoms with Crippen LogP contribution in [0.1, 0.15) is 12.5 Å². The van der Waals surface area contributed by atoms with Crippen molar-refractivity contribution in [1.82, 2.24) is 19.7 Å². The van der Waals surface area contributed by atoms with Gasteiger partial charge < -0.3 is 10.1 Å². The third kappa shape index (κ3) is 5.99. The lowest BCUT2D eigenvalue weighted by molar-refractivity contribution is -0.137. The standard InChI is InChI=1S/C24H20F3N5O2S/c1-2-34-20-10-8-19(9-11-20)32-22(16-5-4-12-28-14-16)30-31-23(32)35-15-21(33)29-18-7-3-6-17(13-18)24(25,26)27/h3-14H,2,15H2,1H3,(H,29,33). The Labute approximate surface area is 203 Å². The van der Waals surface area contributed by atoms with Gasteiger partial charge in [0.15, 0.2) is 11.0 Å². The van der Waals surface area contributed by atoms with Gasteiger partial charge in [0.1, 0.15) is 5.75 Å². The molecule has 180 valence electrons. The monoisotopic (exact) mass is 499 g/mol. The number of hydrogen-bond acceptors (Lipinski definition) is 6. The van der Waals surface area contributed by atoms with Crippen LogP contribution in [0.15, 0.2) is 78.2 Å². The predicted molar refractivity (Wildman–Crippen MR) is 127 cm³/mol. The first-order valence-electron chi connectivity index (χ1n) is 10.5. The lowest BCUT2D eigenvalue weighted by Gasteiger charge is -2.12. The fraction of sp³-hybridized carbons (Fsp3) is 0.167. The topological polar surface area (TPSA) is 81.9 Å². The number of carbonyl (C=O) groups excluding carboxylic acids is 1. The van der Waals surface area contributed by atoms with Crippen molar-refractivity contribution in [3.63, 3.8) is 0 Å². The van der Waals surface area contributed by atoms with Gasteiger partial charge in [-0.2, -0.15) is 13.2 Å². The number of ether oxygens (including phenoxy) is 1. The zero-order chi connectivity index (χ0) is 24.8. The molecule has 0 saturated heterocycles. The molecule has 0 radical (unpaired) electrons. The van der Waals surface area contributed by atoms with E-state index in [4.69, 9.17) is 4.74 Å². The molecule has 0 aliphatic rings. The van der Waals surface area contributed by atoms with Crippen molar-refractivity contribution >= 4 is 23.4 Å². The molecule has 0 atom stereocenters. The van der Waals surface area contributed by atoms with Crippen molar-refractivity contribution in [3.05, 3.63) is 78.6 Å². The Hall–Kier alpha value is -3.86. The number of nitrogens with zero attached hydrogens (tertiary/aromatic N) is 4. The number of rotatable bonds is 8. The van der Waals surface area contributed by atoms with E-state index in [2.05, 4.69) is 20.5 Å². The van der Waals surface area contributed by atoms with Gasteiger partial charge in [-0.05, 0) is 61.5 Å². The maximum Gasteiger partial charge on any atom is 0.416 e. The normalized spacial score (nSPS) is 11.3. The molecule has 0 aliphatic heterocycles. The molecule has 0 saturated carbocycles. The molecule has 1 N–H and O–H groups in total. The van der Waals surface area contributed by atoms with E-state index < -0.39 is 17.6 Å². The van der Waals surface area contributed by atoms with Crippen molar-refractivity contribution in [2.24, 2.45) is 0 Å². The van der Waals surface area contributed by atoms with Crippen LogP contribution in [0.2, 0.25) is 0 Å². The molecule has 4 rings (SSSR count). The number of anilines is 1. The molecule has 1 amide bonds. The highest BCUT2D eigenvalue weighted by Gasteiger charge is 2.30.